The zero-order valence-corrected chi connectivity index (χ0v) is 12.5. The van der Waals surface area contributed by atoms with Gasteiger partial charge >= 0.3 is 0 Å². The van der Waals surface area contributed by atoms with E-state index in [9.17, 15) is 0 Å². The van der Waals surface area contributed by atoms with E-state index in [1.807, 2.05) is 24.3 Å². The quantitative estimate of drug-likeness (QED) is 0.559. The van der Waals surface area contributed by atoms with Gasteiger partial charge in [-0.3, -0.25) is 5.10 Å². The van der Waals surface area contributed by atoms with Crippen LogP contribution in [0, 0.1) is 5.92 Å². The SMILES string of the molecule is CC(C)CCNC(N)=NCc1cccc(-c2ncn[nH]2)c1. The van der Waals surface area contributed by atoms with Gasteiger partial charge in [-0.25, -0.2) is 9.98 Å². The lowest BCUT2D eigenvalue weighted by Gasteiger charge is -2.07. The Balaban J connectivity index is 1.92. The van der Waals surface area contributed by atoms with Crippen LogP contribution >= 0.6 is 0 Å². The van der Waals surface area contributed by atoms with E-state index in [2.05, 4.69) is 39.3 Å². The van der Waals surface area contributed by atoms with Crippen molar-refractivity contribution in [2.45, 2.75) is 26.8 Å². The first-order chi connectivity index (χ1) is 10.1. The molecule has 0 unspecified atom stereocenters. The van der Waals surface area contributed by atoms with E-state index < -0.39 is 0 Å². The van der Waals surface area contributed by atoms with Crippen molar-refractivity contribution in [3.05, 3.63) is 36.2 Å². The highest BCUT2D eigenvalue weighted by atomic mass is 15.2. The number of nitrogens with zero attached hydrogens (tertiary/aromatic N) is 3. The van der Waals surface area contributed by atoms with E-state index in [4.69, 9.17) is 5.73 Å². The van der Waals surface area contributed by atoms with Gasteiger partial charge in [0.15, 0.2) is 11.8 Å². The van der Waals surface area contributed by atoms with Crippen LogP contribution in [0.25, 0.3) is 11.4 Å². The zero-order valence-electron chi connectivity index (χ0n) is 12.5. The maximum absolute atomic E-state index is 5.85. The second kappa shape index (κ2) is 7.42. The predicted octanol–water partition coefficient (Wildman–Crippen LogP) is 1.92. The fourth-order valence-electron chi connectivity index (χ4n) is 1.88. The van der Waals surface area contributed by atoms with E-state index in [-0.39, 0.29) is 0 Å². The molecule has 1 heterocycles. The second-order valence-corrected chi connectivity index (χ2v) is 5.35. The Bertz CT molecular complexity index is 574. The van der Waals surface area contributed by atoms with Crippen molar-refractivity contribution in [3.63, 3.8) is 0 Å². The number of rotatable bonds is 6. The molecule has 0 aliphatic rings. The third-order valence-corrected chi connectivity index (χ3v) is 3.08. The molecule has 112 valence electrons. The van der Waals surface area contributed by atoms with Gasteiger partial charge in [-0.2, -0.15) is 5.10 Å². The van der Waals surface area contributed by atoms with Crippen LogP contribution < -0.4 is 11.1 Å². The highest BCUT2D eigenvalue weighted by Crippen LogP contribution is 2.15. The minimum absolute atomic E-state index is 0.487. The number of nitrogens with two attached hydrogens (primary N) is 1. The van der Waals surface area contributed by atoms with Gasteiger partial charge in [0, 0.05) is 12.1 Å². The van der Waals surface area contributed by atoms with Crippen LogP contribution in [-0.4, -0.2) is 27.7 Å². The highest BCUT2D eigenvalue weighted by molar-refractivity contribution is 5.77. The average Bonchev–Trinajstić information content (AvgIpc) is 2.99. The summed E-state index contributed by atoms with van der Waals surface area (Å²) in [6.07, 6.45) is 2.58. The molecule has 0 aliphatic carbocycles. The Hall–Kier alpha value is -2.37. The van der Waals surface area contributed by atoms with E-state index >= 15 is 0 Å². The largest absolute Gasteiger partial charge is 0.370 e. The summed E-state index contributed by atoms with van der Waals surface area (Å²) < 4.78 is 0. The normalized spacial score (nSPS) is 11.9. The Morgan fingerprint density at radius 1 is 1.43 bits per heavy atom. The Morgan fingerprint density at radius 2 is 2.29 bits per heavy atom. The third kappa shape index (κ3) is 4.91. The number of aromatic nitrogens is 3. The van der Waals surface area contributed by atoms with Crippen LogP contribution in [0.1, 0.15) is 25.8 Å². The molecule has 0 atom stereocenters. The minimum Gasteiger partial charge on any atom is -0.370 e. The van der Waals surface area contributed by atoms with Crippen molar-refractivity contribution in [1.29, 1.82) is 0 Å². The van der Waals surface area contributed by atoms with Crippen molar-refractivity contribution >= 4 is 5.96 Å². The van der Waals surface area contributed by atoms with Crippen molar-refractivity contribution < 1.29 is 0 Å². The second-order valence-electron chi connectivity index (χ2n) is 5.35. The van der Waals surface area contributed by atoms with Gasteiger partial charge < -0.3 is 11.1 Å². The standard InChI is InChI=1S/C15H22N6/c1-11(2)6-7-17-15(16)18-9-12-4-3-5-13(8-12)14-19-10-20-21-14/h3-5,8,10-11H,6-7,9H2,1-2H3,(H3,16,17,18)(H,19,20,21). The Morgan fingerprint density at radius 3 is 3.00 bits per heavy atom. The molecule has 0 aliphatic heterocycles. The van der Waals surface area contributed by atoms with Crippen molar-refractivity contribution in [1.82, 2.24) is 20.5 Å². The number of hydrogen-bond donors (Lipinski definition) is 3. The molecule has 0 spiro atoms. The molecule has 0 radical (unpaired) electrons. The van der Waals surface area contributed by atoms with Crippen LogP contribution in [0.2, 0.25) is 0 Å². The van der Waals surface area contributed by atoms with Crippen molar-refractivity contribution in [2.24, 2.45) is 16.6 Å². The van der Waals surface area contributed by atoms with Gasteiger partial charge in [-0.05, 0) is 24.0 Å². The van der Waals surface area contributed by atoms with E-state index in [1.165, 1.54) is 6.33 Å². The van der Waals surface area contributed by atoms with Gasteiger partial charge in [0.05, 0.1) is 6.54 Å². The Labute approximate surface area is 124 Å². The van der Waals surface area contributed by atoms with Crippen molar-refractivity contribution in [3.8, 4) is 11.4 Å². The van der Waals surface area contributed by atoms with Crippen LogP contribution in [0.4, 0.5) is 0 Å². The summed E-state index contributed by atoms with van der Waals surface area (Å²) in [4.78, 5) is 8.49. The summed E-state index contributed by atoms with van der Waals surface area (Å²) in [5.41, 5.74) is 7.92. The predicted molar refractivity (Wildman–Crippen MR) is 84.6 cm³/mol. The molecule has 21 heavy (non-hydrogen) atoms. The van der Waals surface area contributed by atoms with Crippen molar-refractivity contribution in [2.75, 3.05) is 6.54 Å². The van der Waals surface area contributed by atoms with Gasteiger partial charge in [-0.15, -0.1) is 0 Å². The summed E-state index contributed by atoms with van der Waals surface area (Å²) in [7, 11) is 0. The first-order valence-electron chi connectivity index (χ1n) is 7.13. The number of hydrogen-bond acceptors (Lipinski definition) is 3. The smallest absolute Gasteiger partial charge is 0.188 e. The zero-order chi connectivity index (χ0) is 15.1. The number of nitrogens with one attached hydrogen (secondary N) is 2. The molecule has 0 fully saturated rings. The molecule has 0 saturated carbocycles. The number of aliphatic imine (C=N–C) groups is 1. The molecule has 1 aromatic heterocycles. The molecule has 0 amide bonds. The monoisotopic (exact) mass is 286 g/mol. The molecular formula is C15H22N6. The summed E-state index contributed by atoms with van der Waals surface area (Å²) in [6, 6.07) is 8.01. The summed E-state index contributed by atoms with van der Waals surface area (Å²) in [5, 5.41) is 9.83. The van der Waals surface area contributed by atoms with Gasteiger partial charge in [-0.1, -0.05) is 32.0 Å². The number of guanidine groups is 1. The van der Waals surface area contributed by atoms with Crippen LogP contribution in [0.3, 0.4) is 0 Å². The average molecular weight is 286 g/mol. The van der Waals surface area contributed by atoms with Gasteiger partial charge in [0.1, 0.15) is 6.33 Å². The highest BCUT2D eigenvalue weighted by Gasteiger charge is 2.01. The lowest BCUT2D eigenvalue weighted by atomic mass is 10.1. The summed E-state index contributed by atoms with van der Waals surface area (Å²) in [5.74, 6) is 1.90. The summed E-state index contributed by atoms with van der Waals surface area (Å²) >= 11 is 0. The van der Waals surface area contributed by atoms with Gasteiger partial charge in [0.25, 0.3) is 0 Å². The number of H-pyrrole nitrogens is 1. The van der Waals surface area contributed by atoms with Crippen LogP contribution in [0.15, 0.2) is 35.6 Å². The molecular weight excluding hydrogens is 264 g/mol. The lowest BCUT2D eigenvalue weighted by molar-refractivity contribution is 0.576. The minimum atomic E-state index is 0.487. The van der Waals surface area contributed by atoms with E-state index in [1.54, 1.807) is 0 Å². The number of aromatic amines is 1. The fraction of sp³-hybridized carbons (Fsp3) is 0.400. The number of benzene rings is 1. The van der Waals surface area contributed by atoms with E-state index in [0.29, 0.717) is 18.4 Å². The molecule has 2 aromatic rings. The van der Waals surface area contributed by atoms with E-state index in [0.717, 1.165) is 29.9 Å². The topological polar surface area (TPSA) is 92.0 Å². The fourth-order valence-corrected chi connectivity index (χ4v) is 1.88. The van der Waals surface area contributed by atoms with Crippen LogP contribution in [-0.2, 0) is 6.54 Å². The Kier molecular flexibility index (Phi) is 5.31. The van der Waals surface area contributed by atoms with Crippen LogP contribution in [0.5, 0.6) is 0 Å². The molecule has 0 saturated heterocycles. The molecule has 2 rings (SSSR count). The first-order valence-corrected chi connectivity index (χ1v) is 7.13. The molecule has 4 N–H and O–H groups in total. The molecule has 6 heteroatoms. The molecule has 0 bridgehead atoms. The molecule has 1 aromatic carbocycles. The first kappa shape index (κ1) is 15.0. The third-order valence-electron chi connectivity index (χ3n) is 3.08. The van der Waals surface area contributed by atoms with Gasteiger partial charge in [0.2, 0.25) is 0 Å². The lowest BCUT2D eigenvalue weighted by Crippen LogP contribution is -2.32. The summed E-state index contributed by atoms with van der Waals surface area (Å²) in [6.45, 7) is 5.77. The maximum atomic E-state index is 5.85. The maximum Gasteiger partial charge on any atom is 0.188 e. The molecule has 6 nitrogen and oxygen atoms in total.